The van der Waals surface area contributed by atoms with Gasteiger partial charge in [0.1, 0.15) is 12.1 Å². The fourth-order valence-corrected chi connectivity index (χ4v) is 1.50. The molecule has 14 heavy (non-hydrogen) atoms. The SMILES string of the molecule is CC(C)(C)c1c(N)nc2nnncn12. The van der Waals surface area contributed by atoms with Crippen LogP contribution < -0.4 is 5.73 Å². The summed E-state index contributed by atoms with van der Waals surface area (Å²) >= 11 is 0. The van der Waals surface area contributed by atoms with Crippen LogP contribution in [0.1, 0.15) is 26.5 Å². The molecule has 74 valence electrons. The van der Waals surface area contributed by atoms with Gasteiger partial charge in [-0.3, -0.25) is 4.40 Å². The molecule has 0 aromatic carbocycles. The van der Waals surface area contributed by atoms with E-state index in [-0.39, 0.29) is 5.41 Å². The highest BCUT2D eigenvalue weighted by atomic mass is 15.4. The lowest BCUT2D eigenvalue weighted by Gasteiger charge is -2.17. The second kappa shape index (κ2) is 2.63. The first kappa shape index (κ1) is 8.86. The van der Waals surface area contributed by atoms with Crippen LogP contribution >= 0.6 is 0 Å². The van der Waals surface area contributed by atoms with E-state index in [1.807, 2.05) is 0 Å². The smallest absolute Gasteiger partial charge is 0.258 e. The number of hydrogen-bond donors (Lipinski definition) is 1. The van der Waals surface area contributed by atoms with Gasteiger partial charge in [-0.25, -0.2) is 0 Å². The number of rotatable bonds is 0. The predicted octanol–water partition coefficient (Wildman–Crippen LogP) is 0.399. The zero-order valence-electron chi connectivity index (χ0n) is 8.39. The average Bonchev–Trinajstić information content (AvgIpc) is 2.38. The third kappa shape index (κ3) is 1.19. The maximum absolute atomic E-state index is 5.81. The minimum Gasteiger partial charge on any atom is -0.382 e. The summed E-state index contributed by atoms with van der Waals surface area (Å²) in [7, 11) is 0. The molecule has 0 atom stereocenters. The molecule has 2 aromatic heterocycles. The number of nitrogens with zero attached hydrogens (tertiary/aromatic N) is 5. The van der Waals surface area contributed by atoms with Gasteiger partial charge in [-0.15, -0.1) is 5.10 Å². The van der Waals surface area contributed by atoms with Crippen molar-refractivity contribution in [3.63, 3.8) is 0 Å². The number of hydrogen-bond acceptors (Lipinski definition) is 5. The molecule has 0 saturated carbocycles. The quantitative estimate of drug-likeness (QED) is 0.653. The lowest BCUT2D eigenvalue weighted by Crippen LogP contribution is -2.16. The molecule has 0 spiro atoms. The molecule has 6 heteroatoms. The molecule has 2 aromatic rings. The number of nitrogens with two attached hydrogens (primary N) is 1. The topological polar surface area (TPSA) is 82.0 Å². The lowest BCUT2D eigenvalue weighted by atomic mass is 9.92. The fraction of sp³-hybridized carbons (Fsp3) is 0.500. The Bertz CT molecular complexity index is 466. The van der Waals surface area contributed by atoms with E-state index in [1.54, 1.807) is 10.7 Å². The minimum absolute atomic E-state index is 0.0891. The monoisotopic (exact) mass is 192 g/mol. The first-order valence-corrected chi connectivity index (χ1v) is 4.32. The second-order valence-electron chi connectivity index (χ2n) is 4.19. The van der Waals surface area contributed by atoms with E-state index in [9.17, 15) is 0 Å². The molecule has 0 aliphatic heterocycles. The Labute approximate surface area is 81.2 Å². The number of anilines is 1. The Hall–Kier alpha value is -1.72. The summed E-state index contributed by atoms with van der Waals surface area (Å²) in [5, 5.41) is 11.0. The molecule has 6 nitrogen and oxygen atoms in total. The van der Waals surface area contributed by atoms with Crippen LogP contribution in [0.5, 0.6) is 0 Å². The standard InChI is InChI=1S/C8H12N6/c1-8(2,3)5-6(9)11-7-12-13-10-4-14(5)7/h4H,9H2,1-3H3. The molecule has 2 N–H and O–H groups in total. The Morgan fingerprint density at radius 2 is 2.07 bits per heavy atom. The third-order valence-corrected chi connectivity index (χ3v) is 1.98. The summed E-state index contributed by atoms with van der Waals surface area (Å²) < 4.78 is 1.77. The van der Waals surface area contributed by atoms with Crippen LogP contribution in [0.3, 0.4) is 0 Å². The number of aromatic nitrogens is 5. The van der Waals surface area contributed by atoms with Gasteiger partial charge < -0.3 is 5.73 Å². The molecular formula is C8H12N6. The zero-order valence-corrected chi connectivity index (χ0v) is 8.39. The summed E-state index contributed by atoms with van der Waals surface area (Å²) in [6.45, 7) is 6.19. The highest BCUT2D eigenvalue weighted by Crippen LogP contribution is 2.27. The largest absolute Gasteiger partial charge is 0.382 e. The van der Waals surface area contributed by atoms with Gasteiger partial charge in [-0.05, 0) is 5.21 Å². The zero-order chi connectivity index (χ0) is 10.3. The predicted molar refractivity (Wildman–Crippen MR) is 51.7 cm³/mol. The normalized spacial score (nSPS) is 12.2. The molecule has 0 bridgehead atoms. The van der Waals surface area contributed by atoms with E-state index < -0.39 is 0 Å². The molecule has 0 aliphatic carbocycles. The van der Waals surface area contributed by atoms with Crippen molar-refractivity contribution >= 4 is 11.6 Å². The van der Waals surface area contributed by atoms with Crippen LogP contribution in [0, 0.1) is 0 Å². The number of imidazole rings is 1. The van der Waals surface area contributed by atoms with Crippen molar-refractivity contribution in [3.8, 4) is 0 Å². The van der Waals surface area contributed by atoms with Gasteiger partial charge >= 0.3 is 0 Å². The maximum atomic E-state index is 5.81. The Morgan fingerprint density at radius 1 is 1.36 bits per heavy atom. The van der Waals surface area contributed by atoms with Crippen LogP contribution in [0.2, 0.25) is 0 Å². The lowest BCUT2D eigenvalue weighted by molar-refractivity contribution is 0.561. The highest BCUT2D eigenvalue weighted by Gasteiger charge is 2.23. The molecule has 0 unspecified atom stereocenters. The van der Waals surface area contributed by atoms with E-state index in [0.717, 1.165) is 5.69 Å². The van der Waals surface area contributed by atoms with Gasteiger partial charge in [-0.2, -0.15) is 4.98 Å². The van der Waals surface area contributed by atoms with Crippen LogP contribution in [0.4, 0.5) is 5.82 Å². The van der Waals surface area contributed by atoms with Gasteiger partial charge in [0.25, 0.3) is 5.78 Å². The minimum atomic E-state index is -0.0891. The molecule has 0 radical (unpaired) electrons. The van der Waals surface area contributed by atoms with Crippen LogP contribution in [-0.2, 0) is 5.41 Å². The summed E-state index contributed by atoms with van der Waals surface area (Å²) in [5.74, 6) is 0.974. The van der Waals surface area contributed by atoms with E-state index >= 15 is 0 Å². The average molecular weight is 192 g/mol. The van der Waals surface area contributed by atoms with Crippen LogP contribution in [0.15, 0.2) is 6.33 Å². The first-order valence-electron chi connectivity index (χ1n) is 4.32. The van der Waals surface area contributed by atoms with E-state index in [2.05, 4.69) is 41.2 Å². The molecular weight excluding hydrogens is 180 g/mol. The van der Waals surface area contributed by atoms with Crippen LogP contribution in [-0.4, -0.2) is 24.8 Å². The van der Waals surface area contributed by atoms with Crippen molar-refractivity contribution in [2.24, 2.45) is 0 Å². The van der Waals surface area contributed by atoms with E-state index in [4.69, 9.17) is 5.73 Å². The van der Waals surface area contributed by atoms with Crippen LogP contribution in [0.25, 0.3) is 5.78 Å². The number of fused-ring (bicyclic) bond motifs is 1. The molecule has 2 heterocycles. The molecule has 0 saturated heterocycles. The molecule has 0 aliphatic rings. The van der Waals surface area contributed by atoms with Crippen molar-refractivity contribution in [2.75, 3.05) is 5.73 Å². The highest BCUT2D eigenvalue weighted by molar-refractivity contribution is 5.49. The first-order chi connectivity index (χ1) is 6.50. The Kier molecular flexibility index (Phi) is 1.67. The van der Waals surface area contributed by atoms with E-state index in [1.165, 1.54) is 0 Å². The van der Waals surface area contributed by atoms with Gasteiger partial charge in [0.05, 0.1) is 5.69 Å². The van der Waals surface area contributed by atoms with Gasteiger partial charge in [-0.1, -0.05) is 25.9 Å². The van der Waals surface area contributed by atoms with Gasteiger partial charge in [0.15, 0.2) is 0 Å². The third-order valence-electron chi connectivity index (χ3n) is 1.98. The molecule has 0 fully saturated rings. The number of nitrogen functional groups attached to an aromatic ring is 1. The van der Waals surface area contributed by atoms with Crippen molar-refractivity contribution in [1.82, 2.24) is 24.8 Å². The fourth-order valence-electron chi connectivity index (χ4n) is 1.50. The van der Waals surface area contributed by atoms with Gasteiger partial charge in [0, 0.05) is 5.41 Å². The van der Waals surface area contributed by atoms with Crippen molar-refractivity contribution < 1.29 is 0 Å². The molecule has 0 amide bonds. The summed E-state index contributed by atoms with van der Waals surface area (Å²) in [6.07, 6.45) is 1.58. The van der Waals surface area contributed by atoms with Gasteiger partial charge in [0.2, 0.25) is 0 Å². The summed E-state index contributed by atoms with van der Waals surface area (Å²) in [6, 6.07) is 0. The Morgan fingerprint density at radius 3 is 2.71 bits per heavy atom. The summed E-state index contributed by atoms with van der Waals surface area (Å²) in [4.78, 5) is 4.11. The van der Waals surface area contributed by atoms with Crippen molar-refractivity contribution in [2.45, 2.75) is 26.2 Å². The molecule has 2 rings (SSSR count). The second-order valence-corrected chi connectivity index (χ2v) is 4.19. The van der Waals surface area contributed by atoms with Crippen molar-refractivity contribution in [3.05, 3.63) is 12.0 Å². The summed E-state index contributed by atoms with van der Waals surface area (Å²) in [5.41, 5.74) is 6.63. The van der Waals surface area contributed by atoms with Crippen molar-refractivity contribution in [1.29, 1.82) is 0 Å². The Balaban J connectivity index is 2.81. The maximum Gasteiger partial charge on any atom is 0.258 e. The van der Waals surface area contributed by atoms with E-state index in [0.29, 0.717) is 11.6 Å².